The maximum absolute atomic E-state index is 13.8. The lowest BCUT2D eigenvalue weighted by Crippen LogP contribution is -2.30. The number of hydrogen-bond acceptors (Lipinski definition) is 5. The van der Waals surface area contributed by atoms with E-state index < -0.39 is 23.5 Å². The molecule has 1 fully saturated rings. The maximum atomic E-state index is 13.8. The Morgan fingerprint density at radius 2 is 1.89 bits per heavy atom. The number of methoxy groups -OCH3 is 1. The standard InChI is InChI=1S/C25H22F4N2O3S/c1-14-6-21(20-5-4-17(26)10-23(20)33-3)22(11-30-14)31(2)24(32)15-7-16(25(27,28)29)9-18(8-15)35-19-12-34-13-19/h4-11,19H,12-13H2,1-3H3. The van der Waals surface area contributed by atoms with E-state index in [-0.39, 0.29) is 16.6 Å². The molecule has 0 bridgehead atoms. The van der Waals surface area contributed by atoms with E-state index in [0.29, 0.717) is 40.6 Å². The van der Waals surface area contributed by atoms with Crippen LogP contribution in [0.15, 0.2) is 53.6 Å². The number of benzene rings is 2. The van der Waals surface area contributed by atoms with E-state index in [1.54, 1.807) is 13.0 Å². The third-order valence-electron chi connectivity index (χ3n) is 5.53. The summed E-state index contributed by atoms with van der Waals surface area (Å²) in [7, 11) is 2.86. The number of hydrogen-bond donors (Lipinski definition) is 0. The topological polar surface area (TPSA) is 51.7 Å². The van der Waals surface area contributed by atoms with Crippen molar-refractivity contribution < 1.29 is 31.8 Å². The summed E-state index contributed by atoms with van der Waals surface area (Å²) in [6.07, 6.45) is -3.15. The van der Waals surface area contributed by atoms with E-state index in [1.807, 2.05) is 0 Å². The number of rotatable bonds is 6. The predicted octanol–water partition coefficient (Wildman–Crippen LogP) is 5.99. The zero-order valence-corrected chi connectivity index (χ0v) is 20.0. The molecule has 0 radical (unpaired) electrons. The van der Waals surface area contributed by atoms with Gasteiger partial charge < -0.3 is 14.4 Å². The van der Waals surface area contributed by atoms with Crippen LogP contribution in [0.4, 0.5) is 23.2 Å². The smallest absolute Gasteiger partial charge is 0.416 e. The molecular formula is C25H22F4N2O3S. The molecule has 184 valence electrons. The largest absolute Gasteiger partial charge is 0.496 e. The van der Waals surface area contributed by atoms with Crippen molar-refractivity contribution >= 4 is 23.4 Å². The van der Waals surface area contributed by atoms with Gasteiger partial charge in [0.2, 0.25) is 0 Å². The van der Waals surface area contributed by atoms with Crippen LogP contribution in [0, 0.1) is 12.7 Å². The van der Waals surface area contributed by atoms with E-state index in [9.17, 15) is 22.4 Å². The monoisotopic (exact) mass is 506 g/mol. The Hall–Kier alpha value is -3.11. The van der Waals surface area contributed by atoms with Crippen molar-refractivity contribution in [3.8, 4) is 16.9 Å². The fourth-order valence-electron chi connectivity index (χ4n) is 3.66. The molecule has 3 aromatic rings. The van der Waals surface area contributed by atoms with E-state index in [4.69, 9.17) is 9.47 Å². The highest BCUT2D eigenvalue weighted by molar-refractivity contribution is 8.00. The van der Waals surface area contributed by atoms with Crippen LogP contribution >= 0.6 is 11.8 Å². The number of alkyl halides is 3. The zero-order chi connectivity index (χ0) is 25.3. The van der Waals surface area contributed by atoms with Crippen molar-refractivity contribution in [1.82, 2.24) is 4.98 Å². The molecule has 1 aliphatic heterocycles. The van der Waals surface area contributed by atoms with Crippen LogP contribution in [0.5, 0.6) is 5.75 Å². The first kappa shape index (κ1) is 25.0. The molecule has 2 aromatic carbocycles. The average molecular weight is 507 g/mol. The maximum Gasteiger partial charge on any atom is 0.416 e. The van der Waals surface area contributed by atoms with Crippen LogP contribution in [0.25, 0.3) is 11.1 Å². The van der Waals surface area contributed by atoms with Crippen LogP contribution in [0.3, 0.4) is 0 Å². The van der Waals surface area contributed by atoms with E-state index in [1.165, 1.54) is 61.3 Å². The van der Waals surface area contributed by atoms with Gasteiger partial charge in [-0.1, -0.05) is 0 Å². The number of amides is 1. The minimum atomic E-state index is -4.61. The van der Waals surface area contributed by atoms with Gasteiger partial charge in [0, 0.05) is 40.4 Å². The van der Waals surface area contributed by atoms with Crippen LogP contribution in [0.1, 0.15) is 21.6 Å². The second kappa shape index (κ2) is 9.87. The number of pyridine rings is 1. The number of nitrogens with zero attached hydrogens (tertiary/aromatic N) is 2. The number of thioether (sulfide) groups is 1. The lowest BCUT2D eigenvalue weighted by molar-refractivity contribution is -0.137. The Morgan fingerprint density at radius 3 is 2.51 bits per heavy atom. The predicted molar refractivity (Wildman–Crippen MR) is 126 cm³/mol. The number of anilines is 1. The summed E-state index contributed by atoms with van der Waals surface area (Å²) in [5.74, 6) is -0.887. The van der Waals surface area contributed by atoms with Crippen molar-refractivity contribution in [2.24, 2.45) is 0 Å². The quantitative estimate of drug-likeness (QED) is 0.385. The molecule has 0 N–H and O–H groups in total. The molecule has 1 aromatic heterocycles. The molecular weight excluding hydrogens is 484 g/mol. The number of ether oxygens (including phenoxy) is 2. The van der Waals surface area contributed by atoms with Crippen LogP contribution < -0.4 is 9.64 Å². The Labute approximate surface area is 204 Å². The fraction of sp³-hybridized carbons (Fsp3) is 0.280. The highest BCUT2D eigenvalue weighted by Gasteiger charge is 2.33. The van der Waals surface area contributed by atoms with Gasteiger partial charge in [0.25, 0.3) is 5.91 Å². The lowest BCUT2D eigenvalue weighted by atomic mass is 10.0. The third kappa shape index (κ3) is 5.43. The minimum Gasteiger partial charge on any atom is -0.496 e. The van der Waals surface area contributed by atoms with Gasteiger partial charge in [0.05, 0.1) is 43.0 Å². The highest BCUT2D eigenvalue weighted by Crippen LogP contribution is 2.39. The first-order valence-electron chi connectivity index (χ1n) is 10.6. The number of aromatic nitrogens is 1. The minimum absolute atomic E-state index is 0.0398. The molecule has 10 heteroatoms. The summed E-state index contributed by atoms with van der Waals surface area (Å²) in [4.78, 5) is 19.3. The summed E-state index contributed by atoms with van der Waals surface area (Å²) >= 11 is 1.25. The van der Waals surface area contributed by atoms with E-state index in [0.717, 1.165) is 12.1 Å². The second-order valence-electron chi connectivity index (χ2n) is 8.07. The van der Waals surface area contributed by atoms with Crippen molar-refractivity contribution in [2.75, 3.05) is 32.3 Å². The van der Waals surface area contributed by atoms with Crippen LogP contribution in [-0.2, 0) is 10.9 Å². The van der Waals surface area contributed by atoms with E-state index >= 15 is 0 Å². The van der Waals surface area contributed by atoms with Crippen molar-refractivity contribution in [3.05, 3.63) is 71.3 Å². The molecule has 0 spiro atoms. The van der Waals surface area contributed by atoms with Gasteiger partial charge in [-0.15, -0.1) is 11.8 Å². The summed E-state index contributed by atoms with van der Waals surface area (Å²) in [5, 5.41) is 0.0398. The molecule has 0 aliphatic carbocycles. The van der Waals surface area contributed by atoms with Gasteiger partial charge in [-0.2, -0.15) is 13.2 Å². The zero-order valence-electron chi connectivity index (χ0n) is 19.1. The number of halogens is 4. The molecule has 1 saturated heterocycles. The third-order valence-corrected chi connectivity index (χ3v) is 6.64. The first-order valence-corrected chi connectivity index (χ1v) is 11.5. The molecule has 0 unspecified atom stereocenters. The van der Waals surface area contributed by atoms with Crippen molar-refractivity contribution in [3.63, 3.8) is 0 Å². The molecule has 0 saturated carbocycles. The Morgan fingerprint density at radius 1 is 1.14 bits per heavy atom. The molecule has 5 nitrogen and oxygen atoms in total. The number of aryl methyl sites for hydroxylation is 1. The van der Waals surface area contributed by atoms with Crippen LogP contribution in [0.2, 0.25) is 0 Å². The van der Waals surface area contributed by atoms with Gasteiger partial charge in [0.1, 0.15) is 11.6 Å². The first-order chi connectivity index (χ1) is 16.6. The Bertz CT molecular complexity index is 1260. The average Bonchev–Trinajstić information content (AvgIpc) is 2.79. The molecule has 0 atom stereocenters. The Kier molecular flexibility index (Phi) is 7.05. The molecule has 1 amide bonds. The van der Waals surface area contributed by atoms with Crippen molar-refractivity contribution in [1.29, 1.82) is 0 Å². The summed E-state index contributed by atoms with van der Waals surface area (Å²) in [6.45, 7) is 2.65. The van der Waals surface area contributed by atoms with Gasteiger partial charge >= 0.3 is 6.18 Å². The summed E-state index contributed by atoms with van der Waals surface area (Å²) in [5.41, 5.74) is 1.00. The van der Waals surface area contributed by atoms with Gasteiger partial charge in [-0.3, -0.25) is 9.78 Å². The summed E-state index contributed by atoms with van der Waals surface area (Å²) in [6, 6.07) is 9.05. The highest BCUT2D eigenvalue weighted by atomic mass is 32.2. The lowest BCUT2D eigenvalue weighted by Gasteiger charge is -2.26. The molecule has 2 heterocycles. The fourth-order valence-corrected chi connectivity index (χ4v) is 4.76. The van der Waals surface area contributed by atoms with Crippen molar-refractivity contribution in [2.45, 2.75) is 23.2 Å². The molecule has 4 rings (SSSR count). The SMILES string of the molecule is COc1cc(F)ccc1-c1cc(C)ncc1N(C)C(=O)c1cc(SC2COC2)cc(C(F)(F)F)c1. The van der Waals surface area contributed by atoms with Gasteiger partial charge in [-0.25, -0.2) is 4.39 Å². The van der Waals surface area contributed by atoms with Gasteiger partial charge in [-0.05, 0) is 43.3 Å². The Balaban J connectivity index is 1.76. The van der Waals surface area contributed by atoms with Gasteiger partial charge in [0.15, 0.2) is 0 Å². The van der Waals surface area contributed by atoms with E-state index in [2.05, 4.69) is 4.98 Å². The molecule has 1 aliphatic rings. The number of carbonyl (C=O) groups is 1. The summed E-state index contributed by atoms with van der Waals surface area (Å²) < 4.78 is 65.0. The van der Waals surface area contributed by atoms with Crippen LogP contribution in [-0.4, -0.2) is 43.5 Å². The normalized spacial score (nSPS) is 13.9. The number of carbonyl (C=O) groups excluding carboxylic acids is 1. The molecule has 35 heavy (non-hydrogen) atoms. The second-order valence-corrected chi connectivity index (χ2v) is 9.45.